The lowest BCUT2D eigenvalue weighted by atomic mass is 9.80. The third-order valence-corrected chi connectivity index (χ3v) is 2.84. The summed E-state index contributed by atoms with van der Waals surface area (Å²) in [6.07, 6.45) is 3.05. The van der Waals surface area contributed by atoms with Gasteiger partial charge < -0.3 is 10.2 Å². The van der Waals surface area contributed by atoms with Crippen LogP contribution in [0.4, 0.5) is 0 Å². The summed E-state index contributed by atoms with van der Waals surface area (Å²) in [4.78, 5) is 10.6. The minimum Gasteiger partial charge on any atom is -0.481 e. The molecular weight excluding hydrogens is 156 g/mol. The molecule has 0 unspecified atom stereocenters. The first-order chi connectivity index (χ1) is 5.61. The van der Waals surface area contributed by atoms with E-state index in [1.807, 2.05) is 0 Å². The van der Waals surface area contributed by atoms with Crippen molar-refractivity contribution < 1.29 is 15.0 Å². The van der Waals surface area contributed by atoms with Gasteiger partial charge in [0.1, 0.15) is 0 Å². The molecule has 3 heteroatoms. The van der Waals surface area contributed by atoms with E-state index >= 15 is 0 Å². The third-order valence-electron chi connectivity index (χ3n) is 2.84. The smallest absolute Gasteiger partial charge is 0.306 e. The van der Waals surface area contributed by atoms with Crippen molar-refractivity contribution in [1.29, 1.82) is 0 Å². The lowest BCUT2D eigenvalue weighted by Gasteiger charge is -2.27. The number of hydrogen-bond donors (Lipinski definition) is 2. The van der Waals surface area contributed by atoms with Gasteiger partial charge in [-0.1, -0.05) is 6.92 Å². The first-order valence-electron chi connectivity index (χ1n) is 4.52. The van der Waals surface area contributed by atoms with Crippen LogP contribution in [-0.4, -0.2) is 22.3 Å². The molecule has 0 bridgehead atoms. The van der Waals surface area contributed by atoms with Crippen molar-refractivity contribution in [1.82, 2.24) is 0 Å². The van der Waals surface area contributed by atoms with Gasteiger partial charge in [0, 0.05) is 0 Å². The van der Waals surface area contributed by atoms with E-state index in [0.717, 1.165) is 25.7 Å². The van der Waals surface area contributed by atoms with Gasteiger partial charge >= 0.3 is 5.97 Å². The molecule has 1 fully saturated rings. The van der Waals surface area contributed by atoms with Gasteiger partial charge in [-0.05, 0) is 31.6 Å². The molecule has 0 amide bonds. The first-order valence-corrected chi connectivity index (χ1v) is 4.52. The van der Waals surface area contributed by atoms with Gasteiger partial charge in [-0.3, -0.25) is 4.79 Å². The summed E-state index contributed by atoms with van der Waals surface area (Å²) in [5.74, 6) is -0.695. The van der Waals surface area contributed by atoms with Crippen molar-refractivity contribution in [3.05, 3.63) is 0 Å². The quantitative estimate of drug-likeness (QED) is 0.659. The highest BCUT2D eigenvalue weighted by Gasteiger charge is 2.27. The average molecular weight is 172 g/mol. The molecule has 0 saturated heterocycles. The summed E-state index contributed by atoms with van der Waals surface area (Å²) >= 11 is 0. The average Bonchev–Trinajstić information content (AvgIpc) is 2.04. The molecule has 1 saturated carbocycles. The molecule has 0 aromatic carbocycles. The molecule has 1 rings (SSSR count). The molecule has 2 N–H and O–H groups in total. The van der Waals surface area contributed by atoms with Gasteiger partial charge in [0.05, 0.1) is 12.0 Å². The van der Waals surface area contributed by atoms with E-state index in [1.54, 1.807) is 6.92 Å². The second-order valence-electron chi connectivity index (χ2n) is 3.70. The molecule has 70 valence electrons. The van der Waals surface area contributed by atoms with Gasteiger partial charge in [-0.2, -0.15) is 0 Å². The maximum atomic E-state index is 10.6. The normalized spacial score (nSPS) is 32.8. The van der Waals surface area contributed by atoms with Crippen molar-refractivity contribution in [2.75, 3.05) is 0 Å². The Bertz CT molecular complexity index is 159. The van der Waals surface area contributed by atoms with Crippen LogP contribution in [0.1, 0.15) is 32.6 Å². The summed E-state index contributed by atoms with van der Waals surface area (Å²) in [6.45, 7) is 1.75. The van der Waals surface area contributed by atoms with Gasteiger partial charge in [0.25, 0.3) is 0 Å². The Labute approximate surface area is 72.4 Å². The molecule has 0 aliphatic heterocycles. The molecule has 0 aromatic rings. The molecule has 12 heavy (non-hydrogen) atoms. The molecule has 1 aliphatic carbocycles. The Kier molecular flexibility index (Phi) is 3.09. The topological polar surface area (TPSA) is 57.5 Å². The summed E-state index contributed by atoms with van der Waals surface area (Å²) in [5.41, 5.74) is 0. The Hall–Kier alpha value is -0.570. The molecule has 0 spiro atoms. The molecule has 1 atom stereocenters. The van der Waals surface area contributed by atoms with Crippen molar-refractivity contribution in [3.63, 3.8) is 0 Å². The van der Waals surface area contributed by atoms with E-state index in [2.05, 4.69) is 0 Å². The van der Waals surface area contributed by atoms with E-state index in [4.69, 9.17) is 5.11 Å². The van der Waals surface area contributed by atoms with Crippen LogP contribution in [0.3, 0.4) is 0 Å². The van der Waals surface area contributed by atoms with Crippen molar-refractivity contribution in [2.45, 2.75) is 38.7 Å². The number of aliphatic hydroxyl groups excluding tert-OH is 1. The highest BCUT2D eigenvalue weighted by atomic mass is 16.4. The zero-order valence-electron chi connectivity index (χ0n) is 7.36. The SMILES string of the molecule is C[C@H](C(=O)O)C1CCC(O)CC1. The number of rotatable bonds is 2. The fourth-order valence-corrected chi connectivity index (χ4v) is 1.80. The number of carbonyl (C=O) groups is 1. The zero-order chi connectivity index (χ0) is 9.14. The maximum Gasteiger partial charge on any atom is 0.306 e. The monoisotopic (exact) mass is 172 g/mol. The lowest BCUT2D eigenvalue weighted by Crippen LogP contribution is -2.27. The Balaban J connectivity index is 2.39. The zero-order valence-corrected chi connectivity index (χ0v) is 7.36. The highest BCUT2D eigenvalue weighted by molar-refractivity contribution is 5.69. The molecule has 0 heterocycles. The number of hydrogen-bond acceptors (Lipinski definition) is 2. The van der Waals surface area contributed by atoms with Crippen LogP contribution in [0.5, 0.6) is 0 Å². The van der Waals surface area contributed by atoms with Crippen LogP contribution < -0.4 is 0 Å². The largest absolute Gasteiger partial charge is 0.481 e. The summed E-state index contributed by atoms with van der Waals surface area (Å²) in [6, 6.07) is 0. The number of carboxylic acids is 1. The van der Waals surface area contributed by atoms with Crippen LogP contribution in [0, 0.1) is 11.8 Å². The van der Waals surface area contributed by atoms with Gasteiger partial charge in [-0.15, -0.1) is 0 Å². The molecule has 3 nitrogen and oxygen atoms in total. The van der Waals surface area contributed by atoms with Crippen LogP contribution in [0.2, 0.25) is 0 Å². The van der Waals surface area contributed by atoms with Crippen molar-refractivity contribution >= 4 is 5.97 Å². The van der Waals surface area contributed by atoms with E-state index in [1.165, 1.54) is 0 Å². The van der Waals surface area contributed by atoms with E-state index in [9.17, 15) is 9.90 Å². The maximum absolute atomic E-state index is 10.6. The van der Waals surface area contributed by atoms with Crippen LogP contribution in [0.15, 0.2) is 0 Å². The Morgan fingerprint density at radius 3 is 2.25 bits per heavy atom. The fraction of sp³-hybridized carbons (Fsp3) is 0.889. The van der Waals surface area contributed by atoms with Crippen molar-refractivity contribution in [3.8, 4) is 0 Å². The molecular formula is C9H16O3. The van der Waals surface area contributed by atoms with E-state index < -0.39 is 5.97 Å². The summed E-state index contributed by atoms with van der Waals surface area (Å²) < 4.78 is 0. The second kappa shape index (κ2) is 3.90. The second-order valence-corrected chi connectivity index (χ2v) is 3.70. The fourth-order valence-electron chi connectivity index (χ4n) is 1.80. The van der Waals surface area contributed by atoms with Crippen LogP contribution in [-0.2, 0) is 4.79 Å². The van der Waals surface area contributed by atoms with Gasteiger partial charge in [0.2, 0.25) is 0 Å². The highest BCUT2D eigenvalue weighted by Crippen LogP contribution is 2.30. The number of aliphatic carboxylic acids is 1. The molecule has 1 aliphatic rings. The lowest BCUT2D eigenvalue weighted by molar-refractivity contribution is -0.143. The number of aliphatic hydroxyl groups is 1. The minimum absolute atomic E-state index is 0.192. The Morgan fingerprint density at radius 1 is 1.33 bits per heavy atom. The summed E-state index contributed by atoms with van der Waals surface area (Å²) in [5, 5.41) is 17.9. The predicted octanol–water partition coefficient (Wildman–Crippen LogP) is 1.26. The number of carboxylic acid groups (broad SMARTS) is 1. The van der Waals surface area contributed by atoms with Crippen LogP contribution in [0.25, 0.3) is 0 Å². The predicted molar refractivity (Wildman–Crippen MR) is 44.8 cm³/mol. The van der Waals surface area contributed by atoms with Crippen molar-refractivity contribution in [2.24, 2.45) is 11.8 Å². The van der Waals surface area contributed by atoms with Gasteiger partial charge in [0.15, 0.2) is 0 Å². The molecule has 0 radical (unpaired) electrons. The molecule has 0 aromatic heterocycles. The summed E-state index contributed by atoms with van der Waals surface area (Å²) in [7, 11) is 0. The first kappa shape index (κ1) is 9.52. The standard InChI is InChI=1S/C9H16O3/c1-6(9(11)12)7-2-4-8(10)5-3-7/h6-8,10H,2-5H2,1H3,(H,11,12)/t6-,7?,8?/m0/s1. The van der Waals surface area contributed by atoms with Gasteiger partial charge in [-0.25, -0.2) is 0 Å². The van der Waals surface area contributed by atoms with E-state index in [0.29, 0.717) is 0 Å². The van der Waals surface area contributed by atoms with Crippen LogP contribution >= 0.6 is 0 Å². The van der Waals surface area contributed by atoms with E-state index in [-0.39, 0.29) is 17.9 Å². The Morgan fingerprint density at radius 2 is 1.83 bits per heavy atom. The third kappa shape index (κ3) is 2.21. The minimum atomic E-state index is -0.712.